The highest BCUT2D eigenvalue weighted by molar-refractivity contribution is 7.92. The number of hydrogen-bond acceptors (Lipinski definition) is 5. The average molecular weight is 297 g/mol. The van der Waals surface area contributed by atoms with E-state index in [4.69, 9.17) is 0 Å². The summed E-state index contributed by atoms with van der Waals surface area (Å²) >= 11 is 0. The van der Waals surface area contributed by atoms with Crippen LogP contribution in [-0.4, -0.2) is 46.1 Å². The van der Waals surface area contributed by atoms with E-state index >= 15 is 0 Å². The van der Waals surface area contributed by atoms with E-state index in [0.29, 0.717) is 12.2 Å². The molecule has 1 aliphatic heterocycles. The van der Waals surface area contributed by atoms with E-state index in [0.717, 1.165) is 25.0 Å². The fourth-order valence-electron chi connectivity index (χ4n) is 2.31. The van der Waals surface area contributed by atoms with Crippen LogP contribution >= 0.6 is 0 Å². The number of ketones is 1. The van der Waals surface area contributed by atoms with Gasteiger partial charge in [-0.1, -0.05) is 0 Å². The lowest BCUT2D eigenvalue weighted by molar-refractivity contribution is -0.118. The Morgan fingerprint density at radius 2 is 2.00 bits per heavy atom. The zero-order valence-electron chi connectivity index (χ0n) is 11.6. The number of rotatable bonds is 4. The number of Topliss-reactive ketones (excluding diaryl/α,β-unsaturated/α-hetero) is 1. The summed E-state index contributed by atoms with van der Waals surface area (Å²) in [5.41, 5.74) is 1.44. The number of anilines is 2. The van der Waals surface area contributed by atoms with E-state index in [-0.39, 0.29) is 11.8 Å². The number of piperazine rings is 1. The maximum absolute atomic E-state index is 11.7. The van der Waals surface area contributed by atoms with Gasteiger partial charge in [0, 0.05) is 31.0 Å². The molecule has 1 unspecified atom stereocenters. The Morgan fingerprint density at radius 3 is 2.55 bits per heavy atom. The Bertz CT molecular complexity index is 583. The lowest BCUT2D eigenvalue weighted by Gasteiger charge is -2.36. The molecule has 1 aromatic rings. The summed E-state index contributed by atoms with van der Waals surface area (Å²) in [6.07, 6.45) is 1.11. The molecule has 110 valence electrons. The maximum Gasteiger partial charge on any atom is 0.229 e. The van der Waals surface area contributed by atoms with Crippen LogP contribution in [0.1, 0.15) is 6.92 Å². The van der Waals surface area contributed by atoms with E-state index in [1.54, 1.807) is 19.1 Å². The Kier molecular flexibility index (Phi) is 4.29. The van der Waals surface area contributed by atoms with Crippen LogP contribution in [0.2, 0.25) is 0 Å². The molecular formula is C13H19N3O3S. The first-order valence-corrected chi connectivity index (χ1v) is 8.31. The van der Waals surface area contributed by atoms with E-state index in [2.05, 4.69) is 10.0 Å². The Morgan fingerprint density at radius 1 is 1.35 bits per heavy atom. The normalized spacial score (nSPS) is 19.7. The summed E-state index contributed by atoms with van der Waals surface area (Å²) in [6.45, 7) is 3.80. The first-order chi connectivity index (χ1) is 9.37. The molecule has 0 bridgehead atoms. The van der Waals surface area contributed by atoms with Gasteiger partial charge in [0.25, 0.3) is 0 Å². The number of carbonyl (C=O) groups is 1. The maximum atomic E-state index is 11.7. The van der Waals surface area contributed by atoms with Crippen molar-refractivity contribution in [1.29, 1.82) is 0 Å². The van der Waals surface area contributed by atoms with Crippen molar-refractivity contribution in [2.45, 2.75) is 13.0 Å². The van der Waals surface area contributed by atoms with Crippen molar-refractivity contribution < 1.29 is 13.2 Å². The summed E-state index contributed by atoms with van der Waals surface area (Å²) in [5, 5.41) is 3.20. The minimum absolute atomic E-state index is 0.121. The van der Waals surface area contributed by atoms with Gasteiger partial charge in [0.05, 0.1) is 12.3 Å². The molecule has 2 rings (SSSR count). The van der Waals surface area contributed by atoms with E-state index in [1.807, 2.05) is 17.0 Å². The molecule has 1 atom stereocenters. The molecule has 20 heavy (non-hydrogen) atoms. The van der Waals surface area contributed by atoms with Gasteiger partial charge in [0.2, 0.25) is 10.0 Å². The van der Waals surface area contributed by atoms with Gasteiger partial charge in [-0.2, -0.15) is 0 Å². The summed E-state index contributed by atoms with van der Waals surface area (Å²) in [6, 6.07) is 6.90. The van der Waals surface area contributed by atoms with Crippen LogP contribution in [0.5, 0.6) is 0 Å². The van der Waals surface area contributed by atoms with Gasteiger partial charge in [-0.15, -0.1) is 0 Å². The Labute approximate surface area is 119 Å². The van der Waals surface area contributed by atoms with Crippen molar-refractivity contribution in [3.8, 4) is 0 Å². The third-order valence-electron chi connectivity index (χ3n) is 3.21. The second kappa shape index (κ2) is 5.80. The molecule has 1 aromatic carbocycles. The summed E-state index contributed by atoms with van der Waals surface area (Å²) < 4.78 is 24.7. The molecule has 0 saturated carbocycles. The van der Waals surface area contributed by atoms with Crippen LogP contribution in [0.4, 0.5) is 11.4 Å². The highest BCUT2D eigenvalue weighted by Gasteiger charge is 2.25. The molecule has 0 radical (unpaired) electrons. The van der Waals surface area contributed by atoms with Crippen LogP contribution in [-0.2, 0) is 14.8 Å². The van der Waals surface area contributed by atoms with Crippen molar-refractivity contribution in [2.24, 2.45) is 0 Å². The molecule has 1 fully saturated rings. The molecule has 0 aromatic heterocycles. The molecule has 2 N–H and O–H groups in total. The fraction of sp³-hybridized carbons (Fsp3) is 0.462. The zero-order chi connectivity index (χ0) is 14.8. The quantitative estimate of drug-likeness (QED) is 0.842. The third kappa shape index (κ3) is 3.71. The number of nitrogens with zero attached hydrogens (tertiary/aromatic N) is 1. The number of sulfonamides is 1. The lowest BCUT2D eigenvalue weighted by atomic mass is 10.1. The van der Waals surface area contributed by atoms with Crippen molar-refractivity contribution in [3.63, 3.8) is 0 Å². The molecule has 1 heterocycles. The van der Waals surface area contributed by atoms with Gasteiger partial charge in [0.1, 0.15) is 0 Å². The number of nitrogens with one attached hydrogen (secondary N) is 2. The molecule has 0 spiro atoms. The highest BCUT2D eigenvalue weighted by atomic mass is 32.2. The summed E-state index contributed by atoms with van der Waals surface area (Å²) in [4.78, 5) is 13.7. The second-order valence-corrected chi connectivity index (χ2v) is 6.69. The van der Waals surface area contributed by atoms with Crippen LogP contribution < -0.4 is 14.9 Å². The molecule has 0 aliphatic carbocycles. The predicted molar refractivity (Wildman–Crippen MR) is 79.6 cm³/mol. The highest BCUT2D eigenvalue weighted by Crippen LogP contribution is 2.21. The largest absolute Gasteiger partial charge is 0.359 e. The monoisotopic (exact) mass is 297 g/mol. The first-order valence-electron chi connectivity index (χ1n) is 6.42. The van der Waals surface area contributed by atoms with Crippen molar-refractivity contribution in [3.05, 3.63) is 24.3 Å². The second-order valence-electron chi connectivity index (χ2n) is 4.95. The van der Waals surface area contributed by atoms with Crippen LogP contribution in [0.25, 0.3) is 0 Å². The molecule has 0 amide bonds. The molecule has 1 aliphatic rings. The van der Waals surface area contributed by atoms with Gasteiger partial charge in [0.15, 0.2) is 5.78 Å². The van der Waals surface area contributed by atoms with Gasteiger partial charge in [-0.25, -0.2) is 8.42 Å². The first kappa shape index (κ1) is 14.8. The van der Waals surface area contributed by atoms with Gasteiger partial charge in [-0.3, -0.25) is 9.52 Å². The van der Waals surface area contributed by atoms with Crippen molar-refractivity contribution >= 4 is 27.2 Å². The number of carbonyl (C=O) groups excluding carboxylic acids is 1. The fourth-order valence-corrected chi connectivity index (χ4v) is 2.88. The van der Waals surface area contributed by atoms with E-state index in [9.17, 15) is 13.2 Å². The molecule has 6 nitrogen and oxygen atoms in total. The minimum atomic E-state index is -3.27. The van der Waals surface area contributed by atoms with Crippen molar-refractivity contribution in [2.75, 3.05) is 35.5 Å². The lowest BCUT2D eigenvalue weighted by Crippen LogP contribution is -2.54. The zero-order valence-corrected chi connectivity index (χ0v) is 12.4. The third-order valence-corrected chi connectivity index (χ3v) is 3.82. The smallest absolute Gasteiger partial charge is 0.229 e. The summed E-state index contributed by atoms with van der Waals surface area (Å²) in [5.74, 6) is 0.121. The number of benzene rings is 1. The Balaban J connectivity index is 2.18. The topological polar surface area (TPSA) is 78.5 Å². The Hall–Kier alpha value is -1.60. The van der Waals surface area contributed by atoms with Crippen LogP contribution in [0.3, 0.4) is 0 Å². The van der Waals surface area contributed by atoms with Crippen LogP contribution in [0, 0.1) is 0 Å². The van der Waals surface area contributed by atoms with Gasteiger partial charge >= 0.3 is 0 Å². The predicted octanol–water partition coefficient (Wildman–Crippen LogP) is 0.425. The summed E-state index contributed by atoms with van der Waals surface area (Å²) in [7, 11) is -3.27. The SMILES string of the molecule is CC(=O)C1CNCCN1c1ccc(NS(C)(=O)=O)cc1. The van der Waals surface area contributed by atoms with E-state index in [1.165, 1.54) is 0 Å². The van der Waals surface area contributed by atoms with E-state index < -0.39 is 10.0 Å². The van der Waals surface area contributed by atoms with Gasteiger partial charge in [-0.05, 0) is 31.2 Å². The standard InChI is InChI=1S/C13H19N3O3S/c1-10(17)13-9-14-7-8-16(13)12-5-3-11(4-6-12)15-20(2,18)19/h3-6,13-15H,7-9H2,1-2H3. The minimum Gasteiger partial charge on any atom is -0.359 e. The van der Waals surface area contributed by atoms with Crippen LogP contribution in [0.15, 0.2) is 24.3 Å². The molecular weight excluding hydrogens is 278 g/mol. The number of hydrogen-bond donors (Lipinski definition) is 2. The van der Waals surface area contributed by atoms with Crippen molar-refractivity contribution in [1.82, 2.24) is 5.32 Å². The average Bonchev–Trinajstić information content (AvgIpc) is 2.38. The molecule has 1 saturated heterocycles. The van der Waals surface area contributed by atoms with Gasteiger partial charge < -0.3 is 10.2 Å². The molecule has 7 heteroatoms.